The van der Waals surface area contributed by atoms with E-state index >= 15 is 0 Å². The van der Waals surface area contributed by atoms with Gasteiger partial charge in [-0.05, 0) is 61.3 Å². The average Bonchev–Trinajstić information content (AvgIpc) is 2.93. The molecule has 0 aromatic heterocycles. The molecule has 2 N–H and O–H groups in total. The van der Waals surface area contributed by atoms with Crippen molar-refractivity contribution in [2.45, 2.75) is 70.2 Å². The Kier molecular flexibility index (Phi) is 5.58. The first-order valence-electron chi connectivity index (χ1n) is 11.1. The summed E-state index contributed by atoms with van der Waals surface area (Å²) >= 11 is 5.93. The van der Waals surface area contributed by atoms with Gasteiger partial charge in [0.25, 0.3) is 0 Å². The third-order valence-corrected chi connectivity index (χ3v) is 9.30. The maximum Gasteiger partial charge on any atom is 0.182 e. The van der Waals surface area contributed by atoms with Crippen LogP contribution in [0.3, 0.4) is 0 Å². The van der Waals surface area contributed by atoms with Crippen LogP contribution in [-0.2, 0) is 14.3 Å². The maximum absolute atomic E-state index is 12.9. The summed E-state index contributed by atoms with van der Waals surface area (Å²) in [5.41, 5.74) is -1.60. The zero-order valence-corrected chi connectivity index (χ0v) is 18.7. The minimum absolute atomic E-state index is 0.0113. The summed E-state index contributed by atoms with van der Waals surface area (Å²) in [6.07, 6.45) is 5.90. The van der Waals surface area contributed by atoms with Crippen molar-refractivity contribution in [3.8, 4) is 0 Å². The summed E-state index contributed by atoms with van der Waals surface area (Å²) in [4.78, 5) is 25.0. The number of fused-ring (bicyclic) bond motifs is 5. The number of alkyl halides is 1. The fourth-order valence-corrected chi connectivity index (χ4v) is 7.85. The van der Waals surface area contributed by atoms with E-state index < -0.39 is 29.0 Å². The fraction of sp³-hybridized carbons (Fsp3) is 0.750. The number of allylic oxidation sites excluding steroid dienone is 1. The van der Waals surface area contributed by atoms with Crippen LogP contribution in [0.5, 0.6) is 0 Å². The Balaban J connectivity index is 1.76. The van der Waals surface area contributed by atoms with E-state index in [1.165, 1.54) is 0 Å². The summed E-state index contributed by atoms with van der Waals surface area (Å²) < 4.78 is 5.92. The molecular weight excluding hydrogens is 404 g/mol. The van der Waals surface area contributed by atoms with Gasteiger partial charge in [-0.25, -0.2) is 0 Å². The maximum atomic E-state index is 12.9. The van der Waals surface area contributed by atoms with E-state index in [4.69, 9.17) is 16.3 Å². The number of hydrogen-bond acceptors (Lipinski definition) is 5. The van der Waals surface area contributed by atoms with Gasteiger partial charge in [0.05, 0.1) is 24.7 Å². The smallest absolute Gasteiger partial charge is 0.182 e. The molecule has 4 aliphatic rings. The zero-order chi connectivity index (χ0) is 21.9. The molecule has 3 saturated carbocycles. The molecule has 30 heavy (non-hydrogen) atoms. The van der Waals surface area contributed by atoms with E-state index in [-0.39, 0.29) is 41.4 Å². The summed E-state index contributed by atoms with van der Waals surface area (Å²) in [5, 5.41) is 23.2. The van der Waals surface area contributed by atoms with Crippen LogP contribution >= 0.6 is 11.6 Å². The van der Waals surface area contributed by atoms with Gasteiger partial charge in [0.15, 0.2) is 17.2 Å². The second-order valence-electron chi connectivity index (χ2n) is 10.2. The highest BCUT2D eigenvalue weighted by Gasteiger charge is 2.71. The number of carbonyl (C=O) groups is 2. The highest BCUT2D eigenvalue weighted by molar-refractivity contribution is 6.29. The Bertz CT molecular complexity index is 792. The number of rotatable bonds is 5. The Morgan fingerprint density at radius 1 is 1.40 bits per heavy atom. The molecule has 0 aliphatic heterocycles. The summed E-state index contributed by atoms with van der Waals surface area (Å²) in [6.45, 7) is 8.05. The molecule has 0 saturated heterocycles. The van der Waals surface area contributed by atoms with Crippen LogP contribution in [0.4, 0.5) is 0 Å². The molecule has 2 unspecified atom stereocenters. The van der Waals surface area contributed by atoms with Gasteiger partial charge in [-0.3, -0.25) is 9.59 Å². The average molecular weight is 437 g/mol. The molecule has 166 valence electrons. The largest absolute Gasteiger partial charge is 0.393 e. The van der Waals surface area contributed by atoms with E-state index in [9.17, 15) is 19.8 Å². The Labute approximate surface area is 183 Å². The number of aliphatic hydroxyl groups is 2. The number of Topliss-reactive ketones (excluding diaryl/α,β-unsaturated/α-hetero) is 1. The van der Waals surface area contributed by atoms with Gasteiger partial charge in [0.1, 0.15) is 0 Å². The number of aliphatic hydroxyl groups excluding tert-OH is 1. The number of ether oxygens (including phenoxy) is 1. The lowest BCUT2D eigenvalue weighted by atomic mass is 9.45. The van der Waals surface area contributed by atoms with Gasteiger partial charge in [-0.15, -0.1) is 18.2 Å². The van der Waals surface area contributed by atoms with E-state index in [0.29, 0.717) is 19.3 Å². The van der Waals surface area contributed by atoms with Crippen molar-refractivity contribution in [3.05, 3.63) is 24.3 Å². The highest BCUT2D eigenvalue weighted by atomic mass is 35.5. The molecule has 0 bridgehead atoms. The molecule has 0 aromatic rings. The molecule has 6 heteroatoms. The minimum atomic E-state index is -1.73. The lowest BCUT2D eigenvalue weighted by Gasteiger charge is -2.60. The molecule has 3 fully saturated rings. The third-order valence-electron chi connectivity index (χ3n) is 9.05. The van der Waals surface area contributed by atoms with Crippen molar-refractivity contribution in [1.29, 1.82) is 0 Å². The predicted molar refractivity (Wildman–Crippen MR) is 114 cm³/mol. The first kappa shape index (κ1) is 22.2. The Hall–Kier alpha value is -1.01. The molecule has 5 nitrogen and oxygen atoms in total. The van der Waals surface area contributed by atoms with Crippen LogP contribution in [-0.4, -0.2) is 52.1 Å². The SMILES string of the molecule is C=CCOC1C[C@H]2[C@@H]3CCC4=CC(=O)CC[C@]4(C)[C@H]3C(O)C[C@]2(C)[C@@]1(O)C(=O)CCl. The van der Waals surface area contributed by atoms with Gasteiger partial charge in [-0.1, -0.05) is 25.5 Å². The van der Waals surface area contributed by atoms with Crippen LogP contribution in [0.15, 0.2) is 24.3 Å². The molecular formula is C24H33ClO5. The minimum Gasteiger partial charge on any atom is -0.393 e. The molecule has 4 rings (SSSR count). The predicted octanol–water partition coefficient (Wildman–Crippen LogP) is 3.21. The highest BCUT2D eigenvalue weighted by Crippen LogP contribution is 2.68. The van der Waals surface area contributed by atoms with Gasteiger partial charge in [0.2, 0.25) is 0 Å². The number of halogens is 1. The zero-order valence-electron chi connectivity index (χ0n) is 17.9. The standard InChI is InChI=1S/C24H33ClO5/c1-4-9-30-20-11-17-16-6-5-14-10-15(26)7-8-22(14,2)21(16)18(27)12-23(17,3)24(20,29)19(28)13-25/h4,10,16-18,20-21,27,29H,1,5-9,11-13H2,2-3H3/t16-,17-,18?,20?,21+,22-,23-,24+/m0/s1. The molecule has 8 atom stereocenters. The molecule has 4 aliphatic carbocycles. The third kappa shape index (κ3) is 2.85. The van der Waals surface area contributed by atoms with Crippen LogP contribution in [0, 0.1) is 28.6 Å². The van der Waals surface area contributed by atoms with E-state index in [0.717, 1.165) is 24.8 Å². The topological polar surface area (TPSA) is 83.8 Å². The number of carbonyl (C=O) groups excluding carboxylic acids is 2. The lowest BCUT2D eigenvalue weighted by molar-refractivity contribution is -0.193. The summed E-state index contributed by atoms with van der Waals surface area (Å²) in [6, 6.07) is 0. The van der Waals surface area contributed by atoms with Crippen molar-refractivity contribution >= 4 is 23.2 Å². The van der Waals surface area contributed by atoms with Gasteiger partial charge < -0.3 is 14.9 Å². The van der Waals surface area contributed by atoms with Crippen molar-refractivity contribution in [3.63, 3.8) is 0 Å². The van der Waals surface area contributed by atoms with E-state index in [1.807, 2.05) is 6.92 Å². The molecule has 0 aromatic carbocycles. The van der Waals surface area contributed by atoms with Crippen molar-refractivity contribution in [2.75, 3.05) is 12.5 Å². The first-order valence-corrected chi connectivity index (χ1v) is 11.6. The van der Waals surface area contributed by atoms with Crippen LogP contribution in [0.2, 0.25) is 0 Å². The molecule has 0 spiro atoms. The van der Waals surface area contributed by atoms with Crippen LogP contribution in [0.1, 0.15) is 52.4 Å². The van der Waals surface area contributed by atoms with Crippen molar-refractivity contribution in [1.82, 2.24) is 0 Å². The summed E-state index contributed by atoms with van der Waals surface area (Å²) in [5.74, 6) is -0.340. The quantitative estimate of drug-likeness (QED) is 0.510. The second-order valence-corrected chi connectivity index (χ2v) is 10.5. The van der Waals surface area contributed by atoms with E-state index in [1.54, 1.807) is 12.2 Å². The first-order chi connectivity index (χ1) is 14.1. The fourth-order valence-electron chi connectivity index (χ4n) is 7.65. The Morgan fingerprint density at radius 2 is 2.13 bits per heavy atom. The molecule has 0 radical (unpaired) electrons. The van der Waals surface area contributed by atoms with Crippen LogP contribution in [0.25, 0.3) is 0 Å². The van der Waals surface area contributed by atoms with Crippen LogP contribution < -0.4 is 0 Å². The monoisotopic (exact) mass is 436 g/mol. The second kappa shape index (κ2) is 7.54. The molecule has 0 heterocycles. The number of hydrogen-bond donors (Lipinski definition) is 2. The number of ketones is 2. The lowest BCUT2D eigenvalue weighted by Crippen LogP contribution is -2.64. The van der Waals surface area contributed by atoms with Gasteiger partial charge >= 0.3 is 0 Å². The van der Waals surface area contributed by atoms with Crippen molar-refractivity contribution in [2.24, 2.45) is 28.6 Å². The van der Waals surface area contributed by atoms with E-state index in [2.05, 4.69) is 13.5 Å². The van der Waals surface area contributed by atoms with Crippen molar-refractivity contribution < 1.29 is 24.5 Å². The van der Waals surface area contributed by atoms with Gasteiger partial charge in [-0.2, -0.15) is 0 Å². The normalized spacial score (nSPS) is 47.7. The Morgan fingerprint density at radius 3 is 2.80 bits per heavy atom. The summed E-state index contributed by atoms with van der Waals surface area (Å²) in [7, 11) is 0. The van der Waals surface area contributed by atoms with Gasteiger partial charge in [0, 0.05) is 11.8 Å². The molecule has 0 amide bonds.